The standard InChI is InChI=1S/C21H19N5S/c1-2-9-15-22-26-19(14-6-1)24-20-17-12-7-8-13-18(17)23-21(25-20)27-16-10-4-3-5-11-16/h3-8,10-15H,1-2,9H2,(H,23,24,25,26). The quantitative estimate of drug-likeness (QED) is 0.647. The molecule has 1 aliphatic heterocycles. The number of fused-ring (bicyclic) bond motifs is 1. The molecule has 0 bridgehead atoms. The molecule has 0 radical (unpaired) electrons. The SMILES string of the molecule is C1=CC(=Nc2nc(Sc3ccccc3)nc3ccccc23)NN=CCCC1. The van der Waals surface area contributed by atoms with E-state index in [-0.39, 0.29) is 0 Å². The van der Waals surface area contributed by atoms with Crippen molar-refractivity contribution >= 4 is 40.5 Å². The summed E-state index contributed by atoms with van der Waals surface area (Å²) in [6.07, 6.45) is 9.01. The van der Waals surface area contributed by atoms with Gasteiger partial charge in [0.05, 0.1) is 5.52 Å². The number of aromatic nitrogens is 2. The summed E-state index contributed by atoms with van der Waals surface area (Å²) in [4.78, 5) is 15.2. The number of amidine groups is 1. The molecule has 6 heteroatoms. The molecule has 0 unspecified atom stereocenters. The first-order valence-electron chi connectivity index (χ1n) is 8.91. The molecular weight excluding hydrogens is 354 g/mol. The molecule has 5 nitrogen and oxygen atoms in total. The van der Waals surface area contributed by atoms with E-state index in [1.54, 1.807) is 0 Å². The Morgan fingerprint density at radius 2 is 1.78 bits per heavy atom. The van der Waals surface area contributed by atoms with Crippen molar-refractivity contribution in [2.24, 2.45) is 10.1 Å². The summed E-state index contributed by atoms with van der Waals surface area (Å²) in [7, 11) is 0. The number of hydrazone groups is 1. The van der Waals surface area contributed by atoms with Crippen molar-refractivity contribution in [3.63, 3.8) is 0 Å². The van der Waals surface area contributed by atoms with Gasteiger partial charge in [0.2, 0.25) is 0 Å². The molecule has 0 atom stereocenters. The monoisotopic (exact) mass is 373 g/mol. The van der Waals surface area contributed by atoms with E-state index in [2.05, 4.69) is 21.6 Å². The summed E-state index contributed by atoms with van der Waals surface area (Å²) < 4.78 is 0. The van der Waals surface area contributed by atoms with Crippen molar-refractivity contribution < 1.29 is 0 Å². The zero-order valence-electron chi connectivity index (χ0n) is 14.7. The second kappa shape index (κ2) is 8.60. The van der Waals surface area contributed by atoms with Crippen LogP contribution in [-0.2, 0) is 0 Å². The highest BCUT2D eigenvalue weighted by atomic mass is 32.2. The minimum atomic E-state index is 0.639. The molecule has 0 saturated heterocycles. The van der Waals surface area contributed by atoms with Crippen LogP contribution in [0, 0.1) is 0 Å². The van der Waals surface area contributed by atoms with E-state index in [4.69, 9.17) is 9.98 Å². The first-order chi connectivity index (χ1) is 13.4. The van der Waals surface area contributed by atoms with Crippen molar-refractivity contribution in [3.05, 3.63) is 66.7 Å². The van der Waals surface area contributed by atoms with Crippen molar-refractivity contribution in [1.29, 1.82) is 0 Å². The minimum absolute atomic E-state index is 0.639. The molecule has 0 spiro atoms. The van der Waals surface area contributed by atoms with Crippen molar-refractivity contribution in [2.45, 2.75) is 29.3 Å². The summed E-state index contributed by atoms with van der Waals surface area (Å²) in [5.74, 6) is 1.31. The molecule has 0 aliphatic carbocycles. The van der Waals surface area contributed by atoms with Crippen LogP contribution in [0.15, 0.2) is 86.9 Å². The lowest BCUT2D eigenvalue weighted by molar-refractivity contribution is 0.899. The molecule has 2 aromatic carbocycles. The van der Waals surface area contributed by atoms with Crippen LogP contribution in [0.25, 0.3) is 10.9 Å². The van der Waals surface area contributed by atoms with Gasteiger partial charge >= 0.3 is 0 Å². The average Bonchev–Trinajstić information content (AvgIpc) is 2.83. The first kappa shape index (κ1) is 17.4. The van der Waals surface area contributed by atoms with E-state index in [1.807, 2.05) is 66.9 Å². The third-order valence-electron chi connectivity index (χ3n) is 3.99. The zero-order chi connectivity index (χ0) is 18.3. The Labute approximate surface area is 162 Å². The number of nitrogens with one attached hydrogen (secondary N) is 1. The molecule has 2 heterocycles. The molecule has 1 aromatic heterocycles. The fraction of sp³-hybridized carbons (Fsp3) is 0.143. The zero-order valence-corrected chi connectivity index (χ0v) is 15.6. The highest BCUT2D eigenvalue weighted by Gasteiger charge is 2.09. The molecule has 3 aromatic rings. The Hall–Kier alpha value is -2.99. The molecule has 4 rings (SSSR count). The van der Waals surface area contributed by atoms with Crippen LogP contribution >= 0.6 is 11.8 Å². The topological polar surface area (TPSA) is 62.5 Å². The van der Waals surface area contributed by atoms with Crippen LogP contribution in [-0.4, -0.2) is 22.0 Å². The van der Waals surface area contributed by atoms with E-state index in [0.717, 1.165) is 35.1 Å². The van der Waals surface area contributed by atoms with Crippen LogP contribution in [0.1, 0.15) is 19.3 Å². The van der Waals surface area contributed by atoms with E-state index in [1.165, 1.54) is 11.8 Å². The van der Waals surface area contributed by atoms with Crippen LogP contribution in [0.5, 0.6) is 0 Å². The lowest BCUT2D eigenvalue weighted by atomic mass is 10.2. The smallest absolute Gasteiger partial charge is 0.195 e. The molecule has 27 heavy (non-hydrogen) atoms. The molecule has 0 fully saturated rings. The van der Waals surface area contributed by atoms with E-state index < -0.39 is 0 Å². The summed E-state index contributed by atoms with van der Waals surface area (Å²) >= 11 is 1.53. The van der Waals surface area contributed by atoms with Crippen LogP contribution in [0.4, 0.5) is 5.82 Å². The first-order valence-corrected chi connectivity index (χ1v) is 9.72. The van der Waals surface area contributed by atoms with Gasteiger partial charge in [-0.2, -0.15) is 5.10 Å². The highest BCUT2D eigenvalue weighted by Crippen LogP contribution is 2.30. The van der Waals surface area contributed by atoms with Gasteiger partial charge < -0.3 is 0 Å². The Morgan fingerprint density at radius 3 is 2.70 bits per heavy atom. The molecule has 1 aliphatic rings. The lowest BCUT2D eigenvalue weighted by Gasteiger charge is -2.07. The second-order valence-electron chi connectivity index (χ2n) is 6.02. The third kappa shape index (κ3) is 4.60. The van der Waals surface area contributed by atoms with Crippen LogP contribution < -0.4 is 5.43 Å². The lowest BCUT2D eigenvalue weighted by Crippen LogP contribution is -2.14. The van der Waals surface area contributed by atoms with Gasteiger partial charge in [-0.15, -0.1) is 0 Å². The Bertz CT molecular complexity index is 1010. The van der Waals surface area contributed by atoms with E-state index in [0.29, 0.717) is 16.8 Å². The molecule has 1 N–H and O–H groups in total. The van der Waals surface area contributed by atoms with Gasteiger partial charge in [0.15, 0.2) is 11.0 Å². The summed E-state index contributed by atoms with van der Waals surface area (Å²) in [5.41, 5.74) is 3.89. The summed E-state index contributed by atoms with van der Waals surface area (Å²) in [5, 5.41) is 5.83. The molecule has 0 saturated carbocycles. The molecule has 134 valence electrons. The normalized spacial score (nSPS) is 15.9. The maximum Gasteiger partial charge on any atom is 0.195 e. The third-order valence-corrected chi connectivity index (χ3v) is 4.86. The largest absolute Gasteiger partial charge is 0.262 e. The Balaban J connectivity index is 1.76. The number of nitrogens with zero attached hydrogens (tertiary/aromatic N) is 4. The van der Waals surface area contributed by atoms with Crippen molar-refractivity contribution in [3.8, 4) is 0 Å². The summed E-state index contributed by atoms with van der Waals surface area (Å²) in [6, 6.07) is 18.0. The Morgan fingerprint density at radius 1 is 0.926 bits per heavy atom. The van der Waals surface area contributed by atoms with Gasteiger partial charge in [-0.3, -0.25) is 5.43 Å². The number of allylic oxidation sites excluding steroid dienone is 1. The van der Waals surface area contributed by atoms with Gasteiger partial charge in [0.25, 0.3) is 0 Å². The van der Waals surface area contributed by atoms with E-state index in [9.17, 15) is 0 Å². The number of benzene rings is 2. The Kier molecular flexibility index (Phi) is 5.55. The highest BCUT2D eigenvalue weighted by molar-refractivity contribution is 7.99. The van der Waals surface area contributed by atoms with Crippen molar-refractivity contribution in [1.82, 2.24) is 15.4 Å². The fourth-order valence-corrected chi connectivity index (χ4v) is 3.46. The number of hydrogen-bond acceptors (Lipinski definition) is 5. The number of rotatable bonds is 3. The summed E-state index contributed by atoms with van der Waals surface area (Å²) in [6.45, 7) is 0. The predicted octanol–water partition coefficient (Wildman–Crippen LogP) is 5.13. The van der Waals surface area contributed by atoms with Crippen molar-refractivity contribution in [2.75, 3.05) is 0 Å². The number of para-hydroxylation sites is 1. The van der Waals surface area contributed by atoms with Gasteiger partial charge in [-0.1, -0.05) is 36.4 Å². The maximum atomic E-state index is 4.73. The average molecular weight is 373 g/mol. The van der Waals surface area contributed by atoms with Gasteiger partial charge in [0, 0.05) is 16.5 Å². The number of aliphatic imine (C=N–C) groups is 1. The van der Waals surface area contributed by atoms with Crippen LogP contribution in [0.2, 0.25) is 0 Å². The van der Waals surface area contributed by atoms with Crippen LogP contribution in [0.3, 0.4) is 0 Å². The molecular formula is C21H19N5S. The number of hydrogen-bond donors (Lipinski definition) is 1. The second-order valence-corrected chi connectivity index (χ2v) is 7.06. The van der Waals surface area contributed by atoms with Gasteiger partial charge in [0.1, 0.15) is 5.84 Å². The fourth-order valence-electron chi connectivity index (χ4n) is 2.68. The molecule has 0 amide bonds. The van der Waals surface area contributed by atoms with Gasteiger partial charge in [-0.05, 0) is 61.4 Å². The van der Waals surface area contributed by atoms with E-state index >= 15 is 0 Å². The maximum absolute atomic E-state index is 4.73. The predicted molar refractivity (Wildman–Crippen MR) is 112 cm³/mol. The van der Waals surface area contributed by atoms with Gasteiger partial charge in [-0.25, -0.2) is 15.0 Å². The minimum Gasteiger partial charge on any atom is -0.262 e.